The van der Waals surface area contributed by atoms with E-state index in [0.29, 0.717) is 6.42 Å². The second-order valence-corrected chi connectivity index (χ2v) is 10.1. The molecule has 0 amide bonds. The van der Waals surface area contributed by atoms with Crippen molar-refractivity contribution < 1.29 is 34.8 Å². The Hall–Kier alpha value is -0.860. The molecule has 0 radical (unpaired) electrons. The molecule has 7 heteroatoms. The largest absolute Gasteiger partial charge is 0.389 e. The molecule has 0 aromatic carbocycles. The quantitative estimate of drug-likeness (QED) is 0.514. The lowest BCUT2D eigenvalue weighted by atomic mass is 9.49. The van der Waals surface area contributed by atoms with E-state index in [0.717, 1.165) is 0 Å². The summed E-state index contributed by atoms with van der Waals surface area (Å²) >= 11 is 0. The van der Waals surface area contributed by atoms with Gasteiger partial charge in [-0.25, -0.2) is 0 Å². The molecule has 2 aliphatic heterocycles. The predicted molar refractivity (Wildman–Crippen MR) is 93.4 cm³/mol. The average molecular weight is 382 g/mol. The Bertz CT molecular complexity index is 751. The number of hydrogen-bond acceptors (Lipinski definition) is 7. The van der Waals surface area contributed by atoms with Gasteiger partial charge in [0.15, 0.2) is 17.2 Å². The smallest absolute Gasteiger partial charge is 0.186 e. The molecule has 2 saturated carbocycles. The molecule has 0 unspecified atom stereocenters. The highest BCUT2D eigenvalue weighted by molar-refractivity contribution is 6.04. The van der Waals surface area contributed by atoms with Crippen molar-refractivity contribution in [3.05, 3.63) is 0 Å². The molecule has 8 atom stereocenters. The van der Waals surface area contributed by atoms with Gasteiger partial charge in [0.05, 0.1) is 17.1 Å². The minimum Gasteiger partial charge on any atom is -0.389 e. The summed E-state index contributed by atoms with van der Waals surface area (Å²) in [5.41, 5.74) is -9.32. The molecule has 4 aliphatic rings. The molecular weight excluding hydrogens is 352 g/mol. The SMILES string of the molecule is CC(C)[C@@]1(O)CC(=O)[C@@]2(C)C[C@]3(O)O[C@]4(C(=O)[C@@]31C)[C@H](O)[C@@H](C)CC[C@@]42O. The van der Waals surface area contributed by atoms with Crippen molar-refractivity contribution in [1.29, 1.82) is 0 Å². The highest BCUT2D eigenvalue weighted by Crippen LogP contribution is 2.73. The summed E-state index contributed by atoms with van der Waals surface area (Å²) in [6, 6.07) is 0. The van der Waals surface area contributed by atoms with Crippen molar-refractivity contribution in [1.82, 2.24) is 0 Å². The first kappa shape index (κ1) is 19.5. The molecular formula is C20H30O7. The van der Waals surface area contributed by atoms with Gasteiger partial charge in [-0.3, -0.25) is 9.59 Å². The highest BCUT2D eigenvalue weighted by atomic mass is 16.7. The number of carbonyl (C=O) groups is 2. The minimum atomic E-state index is -2.16. The fourth-order valence-corrected chi connectivity index (χ4v) is 6.64. The Kier molecular flexibility index (Phi) is 3.47. The van der Waals surface area contributed by atoms with E-state index in [1.165, 1.54) is 13.8 Å². The van der Waals surface area contributed by atoms with E-state index in [9.17, 15) is 30.0 Å². The zero-order valence-electron chi connectivity index (χ0n) is 16.6. The van der Waals surface area contributed by atoms with Gasteiger partial charge in [0.2, 0.25) is 0 Å². The van der Waals surface area contributed by atoms with Gasteiger partial charge in [-0.1, -0.05) is 20.8 Å². The maximum absolute atomic E-state index is 13.9. The number of fused-ring (bicyclic) bond motifs is 2. The Morgan fingerprint density at radius 1 is 1.15 bits per heavy atom. The zero-order valence-corrected chi connectivity index (χ0v) is 16.6. The van der Waals surface area contributed by atoms with Crippen LogP contribution in [0.5, 0.6) is 0 Å². The van der Waals surface area contributed by atoms with Crippen LogP contribution < -0.4 is 0 Å². The third kappa shape index (κ3) is 1.59. The molecule has 4 rings (SSSR count). The lowest BCUT2D eigenvalue weighted by molar-refractivity contribution is -0.383. The summed E-state index contributed by atoms with van der Waals surface area (Å²) in [5, 5.41) is 46.0. The van der Waals surface area contributed by atoms with Gasteiger partial charge < -0.3 is 25.2 Å². The third-order valence-corrected chi connectivity index (χ3v) is 8.81. The summed E-state index contributed by atoms with van der Waals surface area (Å²) in [6.07, 6.45) is -1.53. The standard InChI is InChI=1S/C20H30O7/c1-10(2)17(24)8-12(21)15(4)9-19(26)16(17,5)14(23)20(27-19)13(22)11(3)6-7-18(15,20)25/h10-11,13,22,24-26H,6-9H2,1-5H3/t11-,13+,15+,16+,17-,18-,19-,20-/m0/s1. The summed E-state index contributed by atoms with van der Waals surface area (Å²) < 4.78 is 5.94. The Balaban J connectivity index is 2.12. The number of rotatable bonds is 1. The second kappa shape index (κ2) is 4.82. The summed E-state index contributed by atoms with van der Waals surface area (Å²) in [5.74, 6) is -4.18. The van der Waals surface area contributed by atoms with Crippen molar-refractivity contribution in [3.63, 3.8) is 0 Å². The maximum atomic E-state index is 13.9. The molecule has 7 nitrogen and oxygen atoms in total. The molecule has 3 bridgehead atoms. The molecule has 2 saturated heterocycles. The monoisotopic (exact) mass is 382 g/mol. The van der Waals surface area contributed by atoms with Crippen molar-refractivity contribution in [2.75, 3.05) is 0 Å². The number of aliphatic hydroxyl groups is 4. The Morgan fingerprint density at radius 2 is 1.74 bits per heavy atom. The highest BCUT2D eigenvalue weighted by Gasteiger charge is 2.90. The van der Waals surface area contributed by atoms with Crippen LogP contribution in [0.3, 0.4) is 0 Å². The molecule has 2 aliphatic carbocycles. The predicted octanol–water partition coefficient (Wildman–Crippen LogP) is 0.311. The summed E-state index contributed by atoms with van der Waals surface area (Å²) in [6.45, 7) is 8.08. The van der Waals surface area contributed by atoms with E-state index >= 15 is 0 Å². The molecule has 2 heterocycles. The first-order chi connectivity index (χ1) is 12.2. The van der Waals surface area contributed by atoms with Crippen molar-refractivity contribution in [2.24, 2.45) is 22.7 Å². The number of Topliss-reactive ketones (excluding diaryl/α,β-unsaturated/α-hetero) is 2. The lowest BCUT2D eigenvalue weighted by Crippen LogP contribution is -2.78. The van der Waals surface area contributed by atoms with Crippen LogP contribution in [-0.2, 0) is 14.3 Å². The van der Waals surface area contributed by atoms with Crippen LogP contribution in [0.1, 0.15) is 60.3 Å². The first-order valence-corrected chi connectivity index (χ1v) is 9.81. The maximum Gasteiger partial charge on any atom is 0.186 e. The van der Waals surface area contributed by atoms with Gasteiger partial charge in [-0.15, -0.1) is 0 Å². The summed E-state index contributed by atoms with van der Waals surface area (Å²) in [4.78, 5) is 27.3. The van der Waals surface area contributed by atoms with Gasteiger partial charge in [0, 0.05) is 12.8 Å². The van der Waals surface area contributed by atoms with E-state index in [-0.39, 0.29) is 25.2 Å². The van der Waals surface area contributed by atoms with Crippen molar-refractivity contribution in [3.8, 4) is 0 Å². The van der Waals surface area contributed by atoms with Crippen LogP contribution in [0.2, 0.25) is 0 Å². The van der Waals surface area contributed by atoms with E-state index < -0.39 is 57.0 Å². The van der Waals surface area contributed by atoms with E-state index in [1.54, 1.807) is 20.8 Å². The van der Waals surface area contributed by atoms with E-state index in [4.69, 9.17) is 4.74 Å². The Morgan fingerprint density at radius 3 is 2.30 bits per heavy atom. The fourth-order valence-electron chi connectivity index (χ4n) is 6.64. The number of aliphatic hydroxyl groups excluding tert-OH is 1. The summed E-state index contributed by atoms with van der Waals surface area (Å²) in [7, 11) is 0. The van der Waals surface area contributed by atoms with Gasteiger partial charge in [-0.2, -0.15) is 0 Å². The van der Waals surface area contributed by atoms with Gasteiger partial charge in [0.1, 0.15) is 16.8 Å². The number of ether oxygens (including phenoxy) is 1. The van der Waals surface area contributed by atoms with E-state index in [2.05, 4.69) is 0 Å². The molecule has 0 aromatic heterocycles. The number of carbonyl (C=O) groups excluding carboxylic acids is 2. The fraction of sp³-hybridized carbons (Fsp3) is 0.900. The normalized spacial score (nSPS) is 59.9. The van der Waals surface area contributed by atoms with Crippen LogP contribution in [0.25, 0.3) is 0 Å². The van der Waals surface area contributed by atoms with Crippen LogP contribution in [0.15, 0.2) is 0 Å². The molecule has 0 aromatic rings. The van der Waals surface area contributed by atoms with Crippen LogP contribution >= 0.6 is 0 Å². The first-order valence-electron chi connectivity index (χ1n) is 9.81. The van der Waals surface area contributed by atoms with Crippen LogP contribution in [-0.4, -0.2) is 60.7 Å². The van der Waals surface area contributed by atoms with Crippen LogP contribution in [0.4, 0.5) is 0 Å². The zero-order chi connectivity index (χ0) is 20.4. The molecule has 4 fully saturated rings. The molecule has 152 valence electrons. The van der Waals surface area contributed by atoms with Crippen molar-refractivity contribution in [2.45, 2.75) is 89.0 Å². The number of hydrogen-bond donors (Lipinski definition) is 4. The molecule has 4 N–H and O–H groups in total. The minimum absolute atomic E-state index is 0.103. The number of ketones is 2. The Labute approximate surface area is 158 Å². The molecule has 27 heavy (non-hydrogen) atoms. The van der Waals surface area contributed by atoms with Crippen molar-refractivity contribution >= 4 is 11.6 Å². The van der Waals surface area contributed by atoms with Gasteiger partial charge in [0.25, 0.3) is 0 Å². The van der Waals surface area contributed by atoms with E-state index in [1.807, 2.05) is 0 Å². The second-order valence-electron chi connectivity index (χ2n) is 10.1. The lowest BCUT2D eigenvalue weighted by Gasteiger charge is -2.61. The van der Waals surface area contributed by atoms with Gasteiger partial charge in [-0.05, 0) is 38.5 Å². The third-order valence-electron chi connectivity index (χ3n) is 8.81. The van der Waals surface area contributed by atoms with Crippen LogP contribution in [0, 0.1) is 22.7 Å². The average Bonchev–Trinajstić information content (AvgIpc) is 2.71. The van der Waals surface area contributed by atoms with Gasteiger partial charge >= 0.3 is 0 Å². The molecule has 1 spiro atoms. The topological polar surface area (TPSA) is 124 Å².